The molecule has 114 valence electrons. The molecule has 0 radical (unpaired) electrons. The van der Waals surface area contributed by atoms with E-state index >= 15 is 0 Å². The Morgan fingerprint density at radius 2 is 2.00 bits per heavy atom. The maximum atomic E-state index is 11.6. The van der Waals surface area contributed by atoms with Crippen molar-refractivity contribution >= 4 is 33.2 Å². The fourth-order valence-electron chi connectivity index (χ4n) is 2.30. The molecule has 0 aromatic carbocycles. The van der Waals surface area contributed by atoms with E-state index in [-0.39, 0.29) is 5.54 Å². The lowest BCUT2D eigenvalue weighted by Crippen LogP contribution is -2.52. The Bertz CT molecular complexity index is 364. The first-order valence-electron chi connectivity index (χ1n) is 6.69. The van der Waals surface area contributed by atoms with E-state index < -0.39 is 10.0 Å². The number of hydrogen-bond donors (Lipinski definition) is 1. The Balaban J connectivity index is 2.53. The molecule has 1 N–H and O–H groups in total. The van der Waals surface area contributed by atoms with Crippen LogP contribution >= 0.6 is 23.2 Å². The quantitative estimate of drug-likeness (QED) is 0.725. The summed E-state index contributed by atoms with van der Waals surface area (Å²) in [6.07, 6.45) is 4.10. The van der Waals surface area contributed by atoms with Gasteiger partial charge in [-0.1, -0.05) is 6.92 Å². The molecule has 1 rings (SSSR count). The Labute approximate surface area is 126 Å². The molecule has 1 unspecified atom stereocenters. The van der Waals surface area contributed by atoms with Crippen molar-refractivity contribution in [2.75, 3.05) is 37.7 Å². The largest absolute Gasteiger partial charge is 0.309 e. The normalized spacial score (nSPS) is 22.6. The van der Waals surface area contributed by atoms with Gasteiger partial charge in [0.1, 0.15) is 0 Å². The summed E-state index contributed by atoms with van der Waals surface area (Å²) in [5.41, 5.74) is -0.240. The summed E-state index contributed by atoms with van der Waals surface area (Å²) in [7, 11) is -3.08. The van der Waals surface area contributed by atoms with Crippen LogP contribution in [-0.4, -0.2) is 55.9 Å². The van der Waals surface area contributed by atoms with Gasteiger partial charge < -0.3 is 5.32 Å². The van der Waals surface area contributed by atoms with Crippen LogP contribution in [0.25, 0.3) is 0 Å². The minimum absolute atomic E-state index is 0.240. The highest BCUT2D eigenvalue weighted by Gasteiger charge is 2.30. The molecule has 4 nitrogen and oxygen atoms in total. The first-order valence-corrected chi connectivity index (χ1v) is 9.60. The molecule has 0 amide bonds. The van der Waals surface area contributed by atoms with Gasteiger partial charge >= 0.3 is 0 Å². The van der Waals surface area contributed by atoms with Gasteiger partial charge in [-0.15, -0.1) is 23.2 Å². The molecule has 0 spiro atoms. The molecule has 1 aliphatic rings. The number of halogens is 2. The molecule has 1 fully saturated rings. The molecule has 1 saturated heterocycles. The molecule has 0 aliphatic carbocycles. The second kappa shape index (κ2) is 7.46. The molecular formula is C12H24Cl2N2O2S. The highest BCUT2D eigenvalue weighted by atomic mass is 35.5. The Hall–Kier alpha value is 0.450. The van der Waals surface area contributed by atoms with E-state index in [0.29, 0.717) is 30.8 Å². The molecule has 0 saturated carbocycles. The number of alkyl halides is 2. The second-order valence-corrected chi connectivity index (χ2v) is 7.93. The molecule has 7 heteroatoms. The summed E-state index contributed by atoms with van der Waals surface area (Å²) < 4.78 is 24.7. The van der Waals surface area contributed by atoms with Crippen LogP contribution in [0.3, 0.4) is 0 Å². The standard InChI is InChI=1S/C12H24Cl2N2O2S/c1-3-12(9-13,10-14)15-7-11-5-4-6-16(8-11)19(2,17)18/h11,15H,3-10H2,1-2H3. The predicted molar refractivity (Wildman–Crippen MR) is 81.6 cm³/mol. The fourth-order valence-corrected chi connectivity index (χ4v) is 4.09. The number of hydrogen-bond acceptors (Lipinski definition) is 3. The molecule has 19 heavy (non-hydrogen) atoms. The summed E-state index contributed by atoms with van der Waals surface area (Å²) in [6.45, 7) is 4.05. The van der Waals surface area contributed by atoms with E-state index in [4.69, 9.17) is 23.2 Å². The van der Waals surface area contributed by atoms with Crippen LogP contribution in [-0.2, 0) is 10.0 Å². The molecular weight excluding hydrogens is 307 g/mol. The highest BCUT2D eigenvalue weighted by molar-refractivity contribution is 7.88. The van der Waals surface area contributed by atoms with Gasteiger partial charge in [0.25, 0.3) is 0 Å². The van der Waals surface area contributed by atoms with E-state index in [2.05, 4.69) is 12.2 Å². The summed E-state index contributed by atoms with van der Waals surface area (Å²) in [5, 5.41) is 3.44. The van der Waals surface area contributed by atoms with E-state index in [9.17, 15) is 8.42 Å². The van der Waals surface area contributed by atoms with Crippen LogP contribution in [0.15, 0.2) is 0 Å². The second-order valence-electron chi connectivity index (χ2n) is 5.41. The van der Waals surface area contributed by atoms with Crippen molar-refractivity contribution in [2.45, 2.75) is 31.7 Å². The topological polar surface area (TPSA) is 49.4 Å². The lowest BCUT2D eigenvalue weighted by atomic mass is 9.96. The van der Waals surface area contributed by atoms with E-state index in [1.165, 1.54) is 6.26 Å². The minimum atomic E-state index is -3.08. The summed E-state index contributed by atoms with van der Waals surface area (Å²) in [4.78, 5) is 0. The van der Waals surface area contributed by atoms with Crippen molar-refractivity contribution in [3.63, 3.8) is 0 Å². The van der Waals surface area contributed by atoms with E-state index in [1.807, 2.05) is 0 Å². The zero-order valence-corrected chi connectivity index (χ0v) is 14.0. The first-order chi connectivity index (χ1) is 8.87. The monoisotopic (exact) mass is 330 g/mol. The lowest BCUT2D eigenvalue weighted by molar-refractivity contribution is 0.241. The molecule has 1 atom stereocenters. The maximum Gasteiger partial charge on any atom is 0.211 e. The van der Waals surface area contributed by atoms with Crippen LogP contribution in [0.1, 0.15) is 26.2 Å². The first kappa shape index (κ1) is 17.5. The molecule has 1 heterocycles. The van der Waals surface area contributed by atoms with Gasteiger partial charge in [-0.3, -0.25) is 0 Å². The van der Waals surface area contributed by atoms with Crippen molar-refractivity contribution in [3.05, 3.63) is 0 Å². The van der Waals surface area contributed by atoms with Crippen molar-refractivity contribution in [1.29, 1.82) is 0 Å². The van der Waals surface area contributed by atoms with Crippen LogP contribution in [0.2, 0.25) is 0 Å². The lowest BCUT2D eigenvalue weighted by Gasteiger charge is -2.35. The van der Waals surface area contributed by atoms with Gasteiger partial charge in [0, 0.05) is 30.4 Å². The van der Waals surface area contributed by atoms with Gasteiger partial charge in [-0.2, -0.15) is 0 Å². The van der Waals surface area contributed by atoms with Crippen molar-refractivity contribution in [1.82, 2.24) is 9.62 Å². The van der Waals surface area contributed by atoms with E-state index in [1.54, 1.807) is 4.31 Å². The number of sulfonamides is 1. The third kappa shape index (κ3) is 5.05. The average Bonchev–Trinajstić information content (AvgIpc) is 2.40. The highest BCUT2D eigenvalue weighted by Crippen LogP contribution is 2.20. The van der Waals surface area contributed by atoms with Gasteiger partial charge in [0.2, 0.25) is 10.0 Å². The Kier molecular flexibility index (Phi) is 6.87. The van der Waals surface area contributed by atoms with Crippen molar-refractivity contribution in [3.8, 4) is 0 Å². The molecule has 0 bridgehead atoms. The third-order valence-corrected chi connectivity index (χ3v) is 6.20. The number of rotatable bonds is 7. The summed E-state index contributed by atoms with van der Waals surface area (Å²) in [5.74, 6) is 1.27. The van der Waals surface area contributed by atoms with Crippen molar-refractivity contribution in [2.24, 2.45) is 5.92 Å². The summed E-state index contributed by atoms with van der Waals surface area (Å²) in [6, 6.07) is 0. The minimum Gasteiger partial charge on any atom is -0.309 e. The number of nitrogens with zero attached hydrogens (tertiary/aromatic N) is 1. The molecule has 1 aliphatic heterocycles. The zero-order chi connectivity index (χ0) is 14.5. The molecule has 0 aromatic rings. The SMILES string of the molecule is CCC(CCl)(CCl)NCC1CCCN(S(C)(=O)=O)C1. The Morgan fingerprint density at radius 1 is 1.37 bits per heavy atom. The molecule has 0 aromatic heterocycles. The smallest absolute Gasteiger partial charge is 0.211 e. The maximum absolute atomic E-state index is 11.6. The van der Waals surface area contributed by atoms with Crippen LogP contribution in [0, 0.1) is 5.92 Å². The third-order valence-electron chi connectivity index (χ3n) is 3.90. The average molecular weight is 331 g/mol. The zero-order valence-electron chi connectivity index (χ0n) is 11.7. The fraction of sp³-hybridized carbons (Fsp3) is 1.00. The van der Waals surface area contributed by atoms with Gasteiger partial charge in [0.15, 0.2) is 0 Å². The number of piperidine rings is 1. The van der Waals surface area contributed by atoms with Gasteiger partial charge in [0.05, 0.1) is 6.26 Å². The Morgan fingerprint density at radius 3 is 2.47 bits per heavy atom. The van der Waals surface area contributed by atoms with Crippen LogP contribution < -0.4 is 5.32 Å². The van der Waals surface area contributed by atoms with Crippen LogP contribution in [0.4, 0.5) is 0 Å². The summed E-state index contributed by atoms with van der Waals surface area (Å²) >= 11 is 12.0. The van der Waals surface area contributed by atoms with Crippen LogP contribution in [0.5, 0.6) is 0 Å². The van der Waals surface area contributed by atoms with E-state index in [0.717, 1.165) is 25.8 Å². The van der Waals surface area contributed by atoms with Gasteiger partial charge in [-0.25, -0.2) is 12.7 Å². The van der Waals surface area contributed by atoms with Gasteiger partial charge in [-0.05, 0) is 31.7 Å². The predicted octanol–water partition coefficient (Wildman–Crippen LogP) is 1.87. The van der Waals surface area contributed by atoms with Crippen molar-refractivity contribution < 1.29 is 8.42 Å². The number of nitrogens with one attached hydrogen (secondary N) is 1.